The molecule has 0 unspecified atom stereocenters. The first-order valence-electron chi connectivity index (χ1n) is 6.21. The molecule has 0 aromatic heterocycles. The molecule has 0 bridgehead atoms. The minimum atomic E-state index is -0.704. The van der Waals surface area contributed by atoms with E-state index in [1.807, 2.05) is 0 Å². The zero-order valence-electron chi connectivity index (χ0n) is 10.8. The smallest absolute Gasteiger partial charge is 0.167 e. The number of anilines is 1. The van der Waals surface area contributed by atoms with Crippen LogP contribution in [0, 0.1) is 11.6 Å². The Morgan fingerprint density at radius 1 is 0.900 bits per heavy atom. The van der Waals surface area contributed by atoms with Gasteiger partial charge in [-0.1, -0.05) is 0 Å². The van der Waals surface area contributed by atoms with E-state index in [0.29, 0.717) is 24.5 Å². The third kappa shape index (κ3) is 4.12. The van der Waals surface area contributed by atoms with Crippen LogP contribution in [-0.2, 0) is 0 Å². The minimum Gasteiger partial charge on any atom is -0.493 e. The molecule has 0 amide bonds. The van der Waals surface area contributed by atoms with Gasteiger partial charge >= 0.3 is 0 Å². The largest absolute Gasteiger partial charge is 0.493 e. The SMILES string of the molecule is Nc1ccc(OCCCOc2ccc(F)cc2F)cc1. The van der Waals surface area contributed by atoms with Crippen molar-refractivity contribution in [3.63, 3.8) is 0 Å². The lowest BCUT2D eigenvalue weighted by molar-refractivity contribution is 0.241. The second kappa shape index (κ2) is 6.75. The van der Waals surface area contributed by atoms with Crippen molar-refractivity contribution < 1.29 is 18.3 Å². The predicted molar refractivity (Wildman–Crippen MR) is 72.8 cm³/mol. The minimum absolute atomic E-state index is 0.0406. The predicted octanol–water partition coefficient (Wildman–Crippen LogP) is 3.39. The standard InChI is InChI=1S/C15H15F2NO2/c16-11-2-7-15(14(17)10-11)20-9-1-8-19-13-5-3-12(18)4-6-13/h2-7,10H,1,8-9,18H2. The van der Waals surface area contributed by atoms with Gasteiger partial charge in [-0.05, 0) is 36.4 Å². The molecule has 0 heterocycles. The summed E-state index contributed by atoms with van der Waals surface area (Å²) in [5.41, 5.74) is 6.23. The molecule has 0 atom stereocenters. The van der Waals surface area contributed by atoms with E-state index < -0.39 is 11.6 Å². The lowest BCUT2D eigenvalue weighted by atomic mass is 10.3. The summed E-state index contributed by atoms with van der Waals surface area (Å²) >= 11 is 0. The highest BCUT2D eigenvalue weighted by Gasteiger charge is 2.04. The highest BCUT2D eigenvalue weighted by molar-refractivity contribution is 5.41. The number of benzene rings is 2. The van der Waals surface area contributed by atoms with Crippen LogP contribution in [0.1, 0.15) is 6.42 Å². The van der Waals surface area contributed by atoms with Crippen LogP contribution >= 0.6 is 0 Å². The molecule has 0 aliphatic heterocycles. The van der Waals surface area contributed by atoms with Crippen molar-refractivity contribution in [2.24, 2.45) is 0 Å². The lowest BCUT2D eigenvalue weighted by Crippen LogP contribution is -2.06. The summed E-state index contributed by atoms with van der Waals surface area (Å²) in [4.78, 5) is 0. The summed E-state index contributed by atoms with van der Waals surface area (Å²) in [6.45, 7) is 0.726. The Bertz CT molecular complexity index is 558. The van der Waals surface area contributed by atoms with E-state index in [0.717, 1.165) is 12.1 Å². The van der Waals surface area contributed by atoms with Gasteiger partial charge in [0.05, 0.1) is 13.2 Å². The Labute approximate surface area is 115 Å². The molecule has 106 valence electrons. The van der Waals surface area contributed by atoms with Gasteiger partial charge in [0.25, 0.3) is 0 Å². The van der Waals surface area contributed by atoms with E-state index >= 15 is 0 Å². The number of nitrogens with two attached hydrogens (primary N) is 1. The Hall–Kier alpha value is -2.30. The fourth-order valence-electron chi connectivity index (χ4n) is 1.59. The quantitative estimate of drug-likeness (QED) is 0.651. The molecule has 0 radical (unpaired) electrons. The molecule has 0 saturated heterocycles. The van der Waals surface area contributed by atoms with Crippen molar-refractivity contribution in [1.29, 1.82) is 0 Å². The number of hydrogen-bond donors (Lipinski definition) is 1. The maximum Gasteiger partial charge on any atom is 0.167 e. The summed E-state index contributed by atoms with van der Waals surface area (Å²) in [5, 5.41) is 0. The average Bonchev–Trinajstić information content (AvgIpc) is 2.42. The van der Waals surface area contributed by atoms with Crippen LogP contribution in [0.4, 0.5) is 14.5 Å². The Kier molecular flexibility index (Phi) is 4.76. The summed E-state index contributed by atoms with van der Waals surface area (Å²) in [6.07, 6.45) is 0.585. The van der Waals surface area contributed by atoms with Gasteiger partial charge in [0, 0.05) is 18.2 Å². The van der Waals surface area contributed by atoms with E-state index in [1.54, 1.807) is 24.3 Å². The van der Waals surface area contributed by atoms with E-state index in [4.69, 9.17) is 15.2 Å². The van der Waals surface area contributed by atoms with E-state index in [2.05, 4.69) is 0 Å². The average molecular weight is 279 g/mol. The van der Waals surface area contributed by atoms with Crippen LogP contribution in [0.25, 0.3) is 0 Å². The Morgan fingerprint density at radius 3 is 2.30 bits per heavy atom. The van der Waals surface area contributed by atoms with E-state index in [1.165, 1.54) is 6.07 Å². The van der Waals surface area contributed by atoms with Crippen molar-refractivity contribution in [2.45, 2.75) is 6.42 Å². The Balaban J connectivity index is 1.70. The maximum absolute atomic E-state index is 13.3. The second-order valence-electron chi connectivity index (χ2n) is 4.19. The van der Waals surface area contributed by atoms with Gasteiger partial charge in [0.2, 0.25) is 0 Å². The van der Waals surface area contributed by atoms with Crippen molar-refractivity contribution in [3.05, 3.63) is 54.1 Å². The van der Waals surface area contributed by atoms with Gasteiger partial charge in [-0.2, -0.15) is 0 Å². The normalized spacial score (nSPS) is 10.3. The molecule has 0 aliphatic rings. The number of hydrogen-bond acceptors (Lipinski definition) is 3. The number of rotatable bonds is 6. The van der Waals surface area contributed by atoms with Crippen molar-refractivity contribution >= 4 is 5.69 Å². The molecule has 0 fully saturated rings. The maximum atomic E-state index is 13.3. The molecule has 0 spiro atoms. The van der Waals surface area contributed by atoms with Crippen molar-refractivity contribution in [3.8, 4) is 11.5 Å². The van der Waals surface area contributed by atoms with Gasteiger partial charge < -0.3 is 15.2 Å². The first kappa shape index (κ1) is 14.1. The fourth-order valence-corrected chi connectivity index (χ4v) is 1.59. The van der Waals surface area contributed by atoms with Gasteiger partial charge in [0.1, 0.15) is 11.6 Å². The molecule has 5 heteroatoms. The lowest BCUT2D eigenvalue weighted by Gasteiger charge is -2.08. The molecule has 2 N–H and O–H groups in total. The van der Waals surface area contributed by atoms with Gasteiger partial charge in [-0.25, -0.2) is 8.78 Å². The molecule has 2 aromatic rings. The van der Waals surface area contributed by atoms with Crippen LogP contribution in [-0.4, -0.2) is 13.2 Å². The molecule has 2 rings (SSSR count). The molecule has 0 aliphatic carbocycles. The highest BCUT2D eigenvalue weighted by Crippen LogP contribution is 2.18. The summed E-state index contributed by atoms with van der Waals surface area (Å²) in [6, 6.07) is 10.3. The first-order valence-corrected chi connectivity index (χ1v) is 6.21. The molecule has 2 aromatic carbocycles. The van der Waals surface area contributed by atoms with Gasteiger partial charge in [-0.3, -0.25) is 0 Å². The van der Waals surface area contributed by atoms with E-state index in [-0.39, 0.29) is 12.4 Å². The van der Waals surface area contributed by atoms with Gasteiger partial charge in [-0.15, -0.1) is 0 Å². The monoisotopic (exact) mass is 279 g/mol. The highest BCUT2D eigenvalue weighted by atomic mass is 19.1. The third-order valence-corrected chi connectivity index (χ3v) is 2.59. The summed E-state index contributed by atoms with van der Waals surface area (Å²) < 4.78 is 36.6. The van der Waals surface area contributed by atoms with Crippen LogP contribution < -0.4 is 15.2 Å². The zero-order valence-corrected chi connectivity index (χ0v) is 10.8. The first-order chi connectivity index (χ1) is 9.65. The molecular formula is C15H15F2NO2. The second-order valence-corrected chi connectivity index (χ2v) is 4.19. The topological polar surface area (TPSA) is 44.5 Å². The van der Waals surface area contributed by atoms with Crippen LogP contribution in [0.5, 0.6) is 11.5 Å². The van der Waals surface area contributed by atoms with E-state index in [9.17, 15) is 8.78 Å². The third-order valence-electron chi connectivity index (χ3n) is 2.59. The number of nitrogen functional groups attached to an aromatic ring is 1. The fraction of sp³-hybridized carbons (Fsp3) is 0.200. The molecular weight excluding hydrogens is 264 g/mol. The summed E-state index contributed by atoms with van der Waals surface area (Å²) in [7, 11) is 0. The number of halogens is 2. The molecule has 0 saturated carbocycles. The molecule has 20 heavy (non-hydrogen) atoms. The Morgan fingerprint density at radius 2 is 1.60 bits per heavy atom. The zero-order chi connectivity index (χ0) is 14.4. The summed E-state index contributed by atoms with van der Waals surface area (Å²) in [5.74, 6) is -0.572. The number of ether oxygens (including phenoxy) is 2. The van der Waals surface area contributed by atoms with Crippen molar-refractivity contribution in [1.82, 2.24) is 0 Å². The van der Waals surface area contributed by atoms with Crippen LogP contribution in [0.2, 0.25) is 0 Å². The molecule has 3 nitrogen and oxygen atoms in total. The van der Waals surface area contributed by atoms with Gasteiger partial charge in [0.15, 0.2) is 11.6 Å². The van der Waals surface area contributed by atoms with Crippen LogP contribution in [0.3, 0.4) is 0 Å². The van der Waals surface area contributed by atoms with Crippen molar-refractivity contribution in [2.75, 3.05) is 18.9 Å². The van der Waals surface area contributed by atoms with Crippen LogP contribution in [0.15, 0.2) is 42.5 Å².